The summed E-state index contributed by atoms with van der Waals surface area (Å²) in [6.45, 7) is 40.9. The highest BCUT2D eigenvalue weighted by Crippen LogP contribution is 2.43. The third-order valence-electron chi connectivity index (χ3n) is 17.5. The highest BCUT2D eigenvalue weighted by atomic mass is 16.7. The molecule has 13 heteroatoms. The average Bonchev–Trinajstić information content (AvgIpc) is 3.22. The first-order chi connectivity index (χ1) is 38.2. The van der Waals surface area contributed by atoms with Crippen LogP contribution in [0.15, 0.2) is 0 Å². The molecule has 4 aliphatic heterocycles. The van der Waals surface area contributed by atoms with Crippen molar-refractivity contribution in [1.29, 1.82) is 0 Å². The van der Waals surface area contributed by atoms with Gasteiger partial charge in [-0.2, -0.15) is 10.1 Å². The zero-order valence-corrected chi connectivity index (χ0v) is 56.8. The van der Waals surface area contributed by atoms with Gasteiger partial charge in [0.15, 0.2) is 0 Å². The summed E-state index contributed by atoms with van der Waals surface area (Å²) in [6.07, 6.45) is 35.8. The number of nitrogens with zero attached hydrogens (tertiary/aromatic N) is 2. The first-order valence-electron chi connectivity index (χ1n) is 33.9. The zero-order valence-electron chi connectivity index (χ0n) is 56.8. The lowest BCUT2D eigenvalue weighted by atomic mass is 9.80. The van der Waals surface area contributed by atoms with Gasteiger partial charge in [-0.15, -0.1) is 0 Å². The molecule has 0 amide bonds. The van der Waals surface area contributed by atoms with E-state index in [0.717, 1.165) is 90.3 Å². The van der Waals surface area contributed by atoms with Crippen LogP contribution >= 0.6 is 0 Å². The molecule has 4 fully saturated rings. The summed E-state index contributed by atoms with van der Waals surface area (Å²) < 4.78 is 23.6. The normalized spacial score (nSPS) is 22.4. The number of nitrogens with one attached hydrogen (secondary N) is 2. The number of hydrogen-bond donors (Lipinski definition) is 2. The lowest BCUT2D eigenvalue weighted by Crippen LogP contribution is -2.62. The second-order valence-corrected chi connectivity index (χ2v) is 31.2. The van der Waals surface area contributed by atoms with Gasteiger partial charge in [-0.05, 0) is 136 Å². The third kappa shape index (κ3) is 29.6. The van der Waals surface area contributed by atoms with Crippen LogP contribution in [-0.4, -0.2) is 110 Å². The number of ether oxygens (including phenoxy) is 4. The van der Waals surface area contributed by atoms with Crippen molar-refractivity contribution in [3.63, 3.8) is 0 Å². The third-order valence-corrected chi connectivity index (χ3v) is 17.5. The molecule has 0 aliphatic carbocycles. The minimum atomic E-state index is -0.545. The number of esters is 2. The number of unbranched alkanes of at least 4 members (excludes halogenated alkanes) is 21. The number of hydrogen-bond acceptors (Lipinski definition) is 13. The molecule has 0 aromatic rings. The first-order valence-corrected chi connectivity index (χ1v) is 33.9. The highest BCUT2D eigenvalue weighted by Gasteiger charge is 2.50. The van der Waals surface area contributed by atoms with E-state index < -0.39 is 6.16 Å². The van der Waals surface area contributed by atoms with Crippen molar-refractivity contribution in [1.82, 2.24) is 20.8 Å². The van der Waals surface area contributed by atoms with Crippen LogP contribution in [-0.2, 0) is 38.2 Å². The minimum Gasteiger partial charge on any atom is -0.462 e. The molecule has 4 saturated heterocycles. The Labute approximate surface area is 504 Å². The Kier molecular flexibility index (Phi) is 31.8. The molecule has 4 heterocycles. The van der Waals surface area contributed by atoms with E-state index in [2.05, 4.69) is 145 Å². The van der Waals surface area contributed by atoms with Crippen molar-refractivity contribution in [3.05, 3.63) is 0 Å². The van der Waals surface area contributed by atoms with Gasteiger partial charge in [0.25, 0.3) is 0 Å². The maximum absolute atomic E-state index is 13.2. The maximum Gasteiger partial charge on any atom is 0.508 e. The van der Waals surface area contributed by atoms with Crippen molar-refractivity contribution in [2.24, 2.45) is 0 Å². The second-order valence-electron chi connectivity index (χ2n) is 31.2. The average molecular weight is 1160 g/mol. The van der Waals surface area contributed by atoms with E-state index in [4.69, 9.17) is 28.6 Å². The van der Waals surface area contributed by atoms with Gasteiger partial charge in [0.1, 0.15) is 24.4 Å². The maximum atomic E-state index is 13.2. The molecule has 4 aliphatic rings. The molecule has 4 rings (SSSR count). The van der Waals surface area contributed by atoms with Crippen molar-refractivity contribution in [2.75, 3.05) is 13.2 Å². The Balaban J connectivity index is 0.000000456. The summed E-state index contributed by atoms with van der Waals surface area (Å²) in [4.78, 5) is 50.6. The minimum absolute atomic E-state index is 0.000484. The fourth-order valence-electron chi connectivity index (χ4n) is 15.0. The van der Waals surface area contributed by atoms with E-state index in [-0.39, 0.29) is 80.7 Å². The monoisotopic (exact) mass is 1160 g/mol. The smallest absolute Gasteiger partial charge is 0.462 e. The molecule has 0 unspecified atom stereocenters. The number of carbonyl (C=O) groups excluding carboxylic acids is 3. The Morgan fingerprint density at radius 2 is 0.561 bits per heavy atom. The summed E-state index contributed by atoms with van der Waals surface area (Å²) in [5.41, 5.74) is -1.08. The van der Waals surface area contributed by atoms with Crippen LogP contribution in [0.1, 0.15) is 343 Å². The lowest BCUT2D eigenvalue weighted by molar-refractivity contribution is -0.296. The van der Waals surface area contributed by atoms with Crippen LogP contribution in [0.3, 0.4) is 0 Å². The summed E-state index contributed by atoms with van der Waals surface area (Å²) in [5.74, 6) is -0.129. The van der Waals surface area contributed by atoms with E-state index in [0.29, 0.717) is 38.5 Å². The molecule has 82 heavy (non-hydrogen) atoms. The standard InChI is InChI=1S/C41H80N2O5.C28H52N2O4/c1-11-13-15-17-19-21-23-25-27-29-45-42-38(3,4)31-35(32-39(42,5)6)47-37(44)48-36-33-40(7,8)43(41(9,10)34-36)46-30-28-26-24-22-20-18-16-14-12-2;1-25(2)17-21(18-26(3,4)29-25)33-23(31)15-13-11-9-10-12-14-16-24(32)34-22-19-27(5,6)30-28(7,8)20-22/h35-36H,11-34H2,1-10H3;21-22,29-30H,9-20H2,1-8H3. The highest BCUT2D eigenvalue weighted by molar-refractivity contribution is 5.70. The van der Waals surface area contributed by atoms with Crippen LogP contribution < -0.4 is 10.6 Å². The Morgan fingerprint density at radius 1 is 0.329 bits per heavy atom. The largest absolute Gasteiger partial charge is 0.508 e. The number of piperidine rings is 4. The fourth-order valence-corrected chi connectivity index (χ4v) is 15.0. The molecule has 0 aromatic carbocycles. The van der Waals surface area contributed by atoms with Crippen LogP contribution in [0.25, 0.3) is 0 Å². The van der Waals surface area contributed by atoms with Gasteiger partial charge in [-0.25, -0.2) is 4.79 Å². The molecular formula is C69H132N4O9. The molecule has 0 radical (unpaired) electrons. The van der Waals surface area contributed by atoms with Crippen LogP contribution in [0.5, 0.6) is 0 Å². The molecule has 13 nitrogen and oxygen atoms in total. The molecule has 2 N–H and O–H groups in total. The zero-order chi connectivity index (χ0) is 61.3. The van der Waals surface area contributed by atoms with E-state index in [1.807, 2.05) is 0 Å². The van der Waals surface area contributed by atoms with Crippen molar-refractivity contribution in [2.45, 2.75) is 412 Å². The topological polar surface area (TPSA) is 137 Å². The van der Waals surface area contributed by atoms with E-state index >= 15 is 0 Å². The second kappa shape index (κ2) is 35.1. The molecule has 0 atom stereocenters. The predicted molar refractivity (Wildman–Crippen MR) is 338 cm³/mol. The Bertz CT molecular complexity index is 1620. The molecule has 0 bridgehead atoms. The number of hydroxylamine groups is 4. The first kappa shape index (κ1) is 74.2. The van der Waals surface area contributed by atoms with E-state index in [1.165, 1.54) is 103 Å². The van der Waals surface area contributed by atoms with Gasteiger partial charge in [0.05, 0.1) is 13.2 Å². The van der Waals surface area contributed by atoms with Gasteiger partial charge in [0.2, 0.25) is 0 Å². The Hall–Kier alpha value is -2.03. The summed E-state index contributed by atoms with van der Waals surface area (Å²) in [7, 11) is 0. The van der Waals surface area contributed by atoms with Crippen LogP contribution in [0, 0.1) is 0 Å². The van der Waals surface area contributed by atoms with Crippen molar-refractivity contribution >= 4 is 18.1 Å². The summed E-state index contributed by atoms with van der Waals surface area (Å²) in [5, 5.41) is 11.6. The van der Waals surface area contributed by atoms with E-state index in [1.54, 1.807) is 0 Å². The number of carbonyl (C=O) groups is 3. The van der Waals surface area contributed by atoms with Crippen LogP contribution in [0.4, 0.5) is 4.79 Å². The SMILES string of the molecule is CC1(C)CC(OC(=O)CCCCCCCCC(=O)OC2CC(C)(C)NC(C)(C)C2)CC(C)(C)N1.CCCCCCCCCCCON1C(C)(C)CC(OC(=O)OC2CC(C)(C)N(OCCCCCCCCCCC)C(C)(C)C2)CC1(C)C. The molecule has 0 saturated carbocycles. The van der Waals surface area contributed by atoms with Gasteiger partial charge in [-0.1, -0.05) is 142 Å². The lowest BCUT2D eigenvalue weighted by Gasteiger charge is -2.54. The predicted octanol–water partition coefficient (Wildman–Crippen LogP) is 17.9. The quantitative estimate of drug-likeness (QED) is 0.0354. The van der Waals surface area contributed by atoms with Gasteiger partial charge < -0.3 is 29.6 Å². The van der Waals surface area contributed by atoms with Crippen LogP contribution in [0.2, 0.25) is 0 Å². The fraction of sp³-hybridized carbons (Fsp3) is 0.957. The van der Waals surface area contributed by atoms with Crippen molar-refractivity contribution in [3.8, 4) is 0 Å². The van der Waals surface area contributed by atoms with Gasteiger partial charge in [-0.3, -0.25) is 19.3 Å². The molecule has 0 spiro atoms. The summed E-state index contributed by atoms with van der Waals surface area (Å²) in [6, 6.07) is 0. The Morgan fingerprint density at radius 3 is 0.829 bits per heavy atom. The molecule has 0 aromatic heterocycles. The molecule has 482 valence electrons. The molecular weight excluding hydrogens is 1030 g/mol. The van der Waals surface area contributed by atoms with Gasteiger partial charge in [0, 0.05) is 109 Å². The van der Waals surface area contributed by atoms with E-state index in [9.17, 15) is 14.4 Å². The summed E-state index contributed by atoms with van der Waals surface area (Å²) >= 11 is 0. The van der Waals surface area contributed by atoms with Gasteiger partial charge >= 0.3 is 18.1 Å². The number of rotatable bonds is 35. The van der Waals surface area contributed by atoms with Crippen molar-refractivity contribution < 1.29 is 43.0 Å².